The van der Waals surface area contributed by atoms with Crippen molar-refractivity contribution >= 4 is 81.3 Å². The van der Waals surface area contributed by atoms with E-state index in [9.17, 15) is 39.0 Å². The lowest BCUT2D eigenvalue weighted by Gasteiger charge is -2.14. The Morgan fingerprint density at radius 2 is 1.40 bits per heavy atom. The van der Waals surface area contributed by atoms with E-state index in [0.29, 0.717) is 47.1 Å². The number of amides is 2. The van der Waals surface area contributed by atoms with Crippen LogP contribution in [-0.2, 0) is 30.4 Å². The van der Waals surface area contributed by atoms with Crippen LogP contribution in [0.5, 0.6) is 0 Å². The third-order valence-electron chi connectivity index (χ3n) is 6.00. The summed E-state index contributed by atoms with van der Waals surface area (Å²) < 4.78 is 109. The molecular formula is C26H30FN7O10S3. The molecular weight excluding hydrogens is 686 g/mol. The second kappa shape index (κ2) is 13.9. The molecule has 0 radical (unpaired) electrons. The van der Waals surface area contributed by atoms with Crippen LogP contribution in [0.2, 0.25) is 0 Å². The average Bonchev–Trinajstić information content (AvgIpc) is 2.91. The predicted octanol–water partition coefficient (Wildman–Crippen LogP) is 2.56. The zero-order valence-corrected chi connectivity index (χ0v) is 26.6. The summed E-state index contributed by atoms with van der Waals surface area (Å²) in [5.74, 6) is -0.391. The first kappa shape index (κ1) is 36.7. The van der Waals surface area contributed by atoms with Crippen molar-refractivity contribution in [1.82, 2.24) is 0 Å². The van der Waals surface area contributed by atoms with Gasteiger partial charge in [0.25, 0.3) is 30.4 Å². The first-order chi connectivity index (χ1) is 21.5. The zero-order chi connectivity index (χ0) is 35.5. The molecule has 0 aliphatic rings. The summed E-state index contributed by atoms with van der Waals surface area (Å²) in [6.45, 7) is 2.38. The van der Waals surface area contributed by atoms with Crippen LogP contribution < -0.4 is 38.9 Å². The van der Waals surface area contributed by atoms with Gasteiger partial charge in [-0.05, 0) is 73.0 Å². The lowest BCUT2D eigenvalue weighted by atomic mass is 10.1. The predicted molar refractivity (Wildman–Crippen MR) is 174 cm³/mol. The number of hydrogen-bond acceptors (Lipinski definition) is 12. The molecule has 0 heterocycles. The van der Waals surface area contributed by atoms with Crippen LogP contribution in [0.15, 0.2) is 75.4 Å². The Labute approximate surface area is 268 Å². The van der Waals surface area contributed by atoms with E-state index < -0.39 is 62.6 Å². The molecule has 0 aliphatic carbocycles. The number of urea groups is 1. The molecule has 4 aromatic carbocycles. The molecule has 0 spiro atoms. The van der Waals surface area contributed by atoms with E-state index in [1.54, 1.807) is 24.3 Å². The van der Waals surface area contributed by atoms with Gasteiger partial charge in [-0.15, -0.1) is 0 Å². The minimum absolute atomic E-state index is 0.0517. The van der Waals surface area contributed by atoms with E-state index in [1.165, 1.54) is 12.1 Å². The second-order valence-electron chi connectivity index (χ2n) is 9.96. The van der Waals surface area contributed by atoms with Crippen LogP contribution >= 0.6 is 0 Å². The molecule has 0 fully saturated rings. The number of nitrogen functional groups attached to an aromatic ring is 2. The van der Waals surface area contributed by atoms with Gasteiger partial charge in [0.1, 0.15) is 15.6 Å². The number of anilines is 6. The molecule has 0 aromatic heterocycles. The van der Waals surface area contributed by atoms with Crippen molar-refractivity contribution in [3.8, 4) is 0 Å². The van der Waals surface area contributed by atoms with Crippen molar-refractivity contribution in [2.45, 2.75) is 27.7 Å². The molecule has 1 atom stereocenters. The van der Waals surface area contributed by atoms with E-state index in [2.05, 4.69) is 16.0 Å². The summed E-state index contributed by atoms with van der Waals surface area (Å²) in [7, 11) is -14.5. The van der Waals surface area contributed by atoms with Gasteiger partial charge in [0.15, 0.2) is 0 Å². The van der Waals surface area contributed by atoms with E-state index in [0.717, 1.165) is 12.1 Å². The summed E-state index contributed by atoms with van der Waals surface area (Å²) >= 11 is 0. The highest BCUT2D eigenvalue weighted by atomic mass is 32.2. The van der Waals surface area contributed by atoms with Gasteiger partial charge in [0.2, 0.25) is 0 Å². The van der Waals surface area contributed by atoms with E-state index in [4.69, 9.17) is 32.0 Å². The SMILES string of the molecule is CC(N)CNc1cc(F)cc(Nc2ccc(N)c(NC(N)=O)c2)c1.Nc1cc2c(S(=O)(=O)O)cc(S(=O)(=O)O)cc2cc1S(=O)(=O)O. The Balaban J connectivity index is 0.000000256. The van der Waals surface area contributed by atoms with Gasteiger partial charge in [-0.3, -0.25) is 13.7 Å². The van der Waals surface area contributed by atoms with Crippen LogP contribution in [-0.4, -0.2) is 57.5 Å². The van der Waals surface area contributed by atoms with Crippen molar-refractivity contribution < 1.29 is 48.1 Å². The number of nitrogens with two attached hydrogens (primary N) is 4. The maximum Gasteiger partial charge on any atom is 0.316 e. The zero-order valence-electron chi connectivity index (χ0n) is 24.2. The molecule has 4 rings (SSSR count). The number of rotatable bonds is 9. The number of benzene rings is 4. The molecule has 47 heavy (non-hydrogen) atoms. The lowest BCUT2D eigenvalue weighted by molar-refractivity contribution is 0.259. The quantitative estimate of drug-likeness (QED) is 0.0879. The Hall–Kier alpha value is -4.77. The highest BCUT2D eigenvalue weighted by molar-refractivity contribution is 7.87. The van der Waals surface area contributed by atoms with Crippen LogP contribution in [0.3, 0.4) is 0 Å². The van der Waals surface area contributed by atoms with Crippen molar-refractivity contribution in [2.24, 2.45) is 11.5 Å². The monoisotopic (exact) mass is 715 g/mol. The Morgan fingerprint density at radius 3 is 1.96 bits per heavy atom. The molecule has 21 heteroatoms. The van der Waals surface area contributed by atoms with Gasteiger partial charge in [-0.1, -0.05) is 0 Å². The molecule has 0 saturated carbocycles. The van der Waals surface area contributed by atoms with Crippen molar-refractivity contribution in [2.75, 3.05) is 34.0 Å². The molecule has 1 unspecified atom stereocenters. The van der Waals surface area contributed by atoms with Gasteiger partial charge in [-0.25, -0.2) is 9.18 Å². The molecule has 14 N–H and O–H groups in total. The second-order valence-corrected chi connectivity index (χ2v) is 14.2. The molecule has 17 nitrogen and oxygen atoms in total. The van der Waals surface area contributed by atoms with Crippen molar-refractivity contribution in [1.29, 1.82) is 0 Å². The van der Waals surface area contributed by atoms with Crippen LogP contribution in [0.4, 0.5) is 43.3 Å². The molecule has 0 bridgehead atoms. The largest absolute Gasteiger partial charge is 0.398 e. The fraction of sp³-hybridized carbons (Fsp3) is 0.115. The van der Waals surface area contributed by atoms with E-state index in [-0.39, 0.29) is 16.8 Å². The molecule has 254 valence electrons. The number of carbonyl (C=O) groups is 1. The van der Waals surface area contributed by atoms with Gasteiger partial charge >= 0.3 is 6.03 Å². The molecule has 2 amide bonds. The average molecular weight is 716 g/mol. The third-order valence-corrected chi connectivity index (χ3v) is 8.63. The fourth-order valence-corrected chi connectivity index (χ4v) is 6.00. The maximum atomic E-state index is 13.8. The van der Waals surface area contributed by atoms with E-state index >= 15 is 0 Å². The Bertz CT molecular complexity index is 2180. The normalized spacial score (nSPS) is 12.5. The highest BCUT2D eigenvalue weighted by Crippen LogP contribution is 2.32. The molecule has 0 saturated heterocycles. The Kier molecular flexibility index (Phi) is 10.9. The van der Waals surface area contributed by atoms with Gasteiger partial charge in [0.05, 0.1) is 22.0 Å². The highest BCUT2D eigenvalue weighted by Gasteiger charge is 2.23. The fourth-order valence-electron chi connectivity index (χ4n) is 4.02. The van der Waals surface area contributed by atoms with Crippen LogP contribution in [0, 0.1) is 5.82 Å². The van der Waals surface area contributed by atoms with Crippen LogP contribution in [0.25, 0.3) is 10.8 Å². The third kappa shape index (κ3) is 10.1. The summed E-state index contributed by atoms with van der Waals surface area (Å²) in [5, 5.41) is 7.93. The summed E-state index contributed by atoms with van der Waals surface area (Å²) in [5.41, 5.74) is 24.0. The Morgan fingerprint density at radius 1 is 0.787 bits per heavy atom. The standard InChI is InChI=1S/C16H21FN6O.C10H9NO9S3/c1-9(18)8-21-12-4-10(17)5-13(6-12)22-11-2-3-14(19)15(7-11)23-16(20)24;11-8-4-7-5(2-10(8)23(18,19)20)1-6(21(12,13)14)3-9(7)22(15,16)17/h2-7,9,21-22H,8,18-19H2,1H3,(H3,20,23,24);1-4H,11H2,(H,12,13,14)(H,15,16,17)(H,18,19,20). The number of hydrogen-bond donors (Lipinski definition) is 10. The lowest BCUT2D eigenvalue weighted by Crippen LogP contribution is -2.25. The van der Waals surface area contributed by atoms with Gasteiger partial charge in [-0.2, -0.15) is 25.3 Å². The first-order valence-corrected chi connectivity index (χ1v) is 17.2. The minimum atomic E-state index is -4.92. The summed E-state index contributed by atoms with van der Waals surface area (Å²) in [6.07, 6.45) is 0. The molecule has 0 aliphatic heterocycles. The number of nitrogens with one attached hydrogen (secondary N) is 3. The van der Waals surface area contributed by atoms with Gasteiger partial charge < -0.3 is 38.9 Å². The number of carbonyl (C=O) groups excluding carboxylic acids is 1. The van der Waals surface area contributed by atoms with Crippen LogP contribution in [0.1, 0.15) is 6.92 Å². The minimum Gasteiger partial charge on any atom is -0.398 e. The number of halogens is 1. The van der Waals surface area contributed by atoms with E-state index in [1.807, 2.05) is 6.92 Å². The summed E-state index contributed by atoms with van der Waals surface area (Å²) in [4.78, 5) is 8.38. The topological polar surface area (TPSA) is 320 Å². The van der Waals surface area contributed by atoms with Crippen molar-refractivity contribution in [3.05, 3.63) is 66.5 Å². The summed E-state index contributed by atoms with van der Waals surface area (Å²) in [6, 6.07) is 11.4. The number of fused-ring (bicyclic) bond motifs is 1. The van der Waals surface area contributed by atoms with Gasteiger partial charge in [0, 0.05) is 35.0 Å². The van der Waals surface area contributed by atoms with Crippen molar-refractivity contribution in [3.63, 3.8) is 0 Å². The maximum absolute atomic E-state index is 13.8. The molecule has 4 aromatic rings. The smallest absolute Gasteiger partial charge is 0.316 e. The number of primary amides is 1. The first-order valence-electron chi connectivity index (χ1n) is 12.9.